The van der Waals surface area contributed by atoms with Crippen molar-refractivity contribution in [1.29, 1.82) is 0 Å². The molecule has 1 aromatic heterocycles. The summed E-state index contributed by atoms with van der Waals surface area (Å²) in [5.41, 5.74) is 3.63. The van der Waals surface area contributed by atoms with E-state index in [1.165, 1.54) is 19.4 Å². The van der Waals surface area contributed by atoms with E-state index < -0.39 is 0 Å². The SMILES string of the molecule is CN(Cc1cccc(NN)n1)CC1CC1. The predicted octanol–water partition coefficient (Wildman–Crippen LogP) is 1.21. The third-order valence-corrected chi connectivity index (χ3v) is 2.65. The Balaban J connectivity index is 1.90. The van der Waals surface area contributed by atoms with E-state index in [2.05, 4.69) is 22.4 Å². The number of aromatic nitrogens is 1. The average Bonchev–Trinajstić information content (AvgIpc) is 3.02. The largest absolute Gasteiger partial charge is 0.308 e. The molecule has 0 spiro atoms. The van der Waals surface area contributed by atoms with Gasteiger partial charge in [-0.3, -0.25) is 0 Å². The van der Waals surface area contributed by atoms with Crippen molar-refractivity contribution in [3.05, 3.63) is 23.9 Å². The molecule has 4 nitrogen and oxygen atoms in total. The van der Waals surface area contributed by atoms with Gasteiger partial charge in [0, 0.05) is 13.1 Å². The molecule has 0 amide bonds. The van der Waals surface area contributed by atoms with Crippen molar-refractivity contribution in [3.63, 3.8) is 0 Å². The van der Waals surface area contributed by atoms with Crippen LogP contribution in [0.2, 0.25) is 0 Å². The Morgan fingerprint density at radius 2 is 2.33 bits per heavy atom. The number of nitrogens with two attached hydrogens (primary N) is 1. The van der Waals surface area contributed by atoms with E-state index in [4.69, 9.17) is 5.84 Å². The van der Waals surface area contributed by atoms with Gasteiger partial charge in [-0.25, -0.2) is 10.8 Å². The highest BCUT2D eigenvalue weighted by Gasteiger charge is 2.22. The quantitative estimate of drug-likeness (QED) is 0.561. The standard InChI is InChI=1S/C11H18N4/c1-15(7-9-5-6-9)8-10-3-2-4-11(13-10)14-12/h2-4,9H,5-8,12H2,1H3,(H,13,14). The number of anilines is 1. The summed E-state index contributed by atoms with van der Waals surface area (Å²) in [7, 11) is 2.14. The third-order valence-electron chi connectivity index (χ3n) is 2.65. The molecule has 1 saturated carbocycles. The Kier molecular flexibility index (Phi) is 3.18. The Bertz CT molecular complexity index is 322. The summed E-state index contributed by atoms with van der Waals surface area (Å²) in [6, 6.07) is 5.87. The zero-order valence-corrected chi connectivity index (χ0v) is 9.11. The van der Waals surface area contributed by atoms with Crippen LogP contribution in [0, 0.1) is 5.92 Å². The Hall–Kier alpha value is -1.13. The summed E-state index contributed by atoms with van der Waals surface area (Å²) < 4.78 is 0. The predicted molar refractivity (Wildman–Crippen MR) is 61.1 cm³/mol. The second kappa shape index (κ2) is 4.59. The minimum atomic E-state index is 0.729. The Morgan fingerprint density at radius 3 is 3.00 bits per heavy atom. The Labute approximate surface area is 90.5 Å². The fourth-order valence-electron chi connectivity index (χ4n) is 1.73. The van der Waals surface area contributed by atoms with Gasteiger partial charge in [-0.05, 0) is 37.9 Å². The molecule has 82 valence electrons. The first kappa shape index (κ1) is 10.4. The van der Waals surface area contributed by atoms with Crippen molar-refractivity contribution in [2.45, 2.75) is 19.4 Å². The first-order chi connectivity index (χ1) is 7.28. The van der Waals surface area contributed by atoms with E-state index in [9.17, 15) is 0 Å². The van der Waals surface area contributed by atoms with Crippen LogP contribution in [0.3, 0.4) is 0 Å². The molecule has 0 unspecified atom stereocenters. The zero-order chi connectivity index (χ0) is 10.7. The van der Waals surface area contributed by atoms with Crippen LogP contribution in [0.5, 0.6) is 0 Å². The van der Waals surface area contributed by atoms with Crippen LogP contribution in [0.1, 0.15) is 18.5 Å². The molecule has 2 rings (SSSR count). The maximum atomic E-state index is 5.31. The number of nitrogens with zero attached hydrogens (tertiary/aromatic N) is 2. The minimum Gasteiger partial charge on any atom is -0.308 e. The second-order valence-electron chi connectivity index (χ2n) is 4.30. The molecule has 0 aromatic carbocycles. The van der Waals surface area contributed by atoms with Gasteiger partial charge in [0.2, 0.25) is 0 Å². The van der Waals surface area contributed by atoms with Gasteiger partial charge in [0.1, 0.15) is 5.82 Å². The molecule has 0 aliphatic heterocycles. The van der Waals surface area contributed by atoms with Crippen LogP contribution < -0.4 is 11.3 Å². The first-order valence-electron chi connectivity index (χ1n) is 5.39. The lowest BCUT2D eigenvalue weighted by Crippen LogP contribution is -2.21. The van der Waals surface area contributed by atoms with Crippen molar-refractivity contribution in [1.82, 2.24) is 9.88 Å². The minimum absolute atomic E-state index is 0.729. The van der Waals surface area contributed by atoms with E-state index in [-0.39, 0.29) is 0 Å². The number of hydrazine groups is 1. The lowest BCUT2D eigenvalue weighted by molar-refractivity contribution is 0.309. The molecule has 15 heavy (non-hydrogen) atoms. The first-order valence-corrected chi connectivity index (χ1v) is 5.39. The summed E-state index contributed by atoms with van der Waals surface area (Å²) in [5.74, 6) is 6.97. The molecule has 1 aliphatic carbocycles. The highest BCUT2D eigenvalue weighted by Crippen LogP contribution is 2.29. The van der Waals surface area contributed by atoms with E-state index in [1.54, 1.807) is 0 Å². The van der Waals surface area contributed by atoms with Gasteiger partial charge >= 0.3 is 0 Å². The lowest BCUT2D eigenvalue weighted by Gasteiger charge is -2.15. The van der Waals surface area contributed by atoms with Crippen LogP contribution in [0.25, 0.3) is 0 Å². The molecule has 0 atom stereocenters. The highest BCUT2D eigenvalue weighted by atomic mass is 15.2. The summed E-state index contributed by atoms with van der Waals surface area (Å²) in [5, 5.41) is 0. The highest BCUT2D eigenvalue weighted by molar-refractivity contribution is 5.33. The average molecular weight is 206 g/mol. The fourth-order valence-corrected chi connectivity index (χ4v) is 1.73. The fraction of sp³-hybridized carbons (Fsp3) is 0.545. The van der Waals surface area contributed by atoms with Crippen LogP contribution in [0.4, 0.5) is 5.82 Å². The second-order valence-corrected chi connectivity index (χ2v) is 4.30. The normalized spacial score (nSPS) is 15.7. The Morgan fingerprint density at radius 1 is 1.53 bits per heavy atom. The number of hydrogen-bond acceptors (Lipinski definition) is 4. The molecule has 4 heteroatoms. The topological polar surface area (TPSA) is 54.2 Å². The van der Waals surface area contributed by atoms with Gasteiger partial charge in [-0.1, -0.05) is 6.07 Å². The maximum absolute atomic E-state index is 5.31. The molecule has 0 radical (unpaired) electrons. The van der Waals surface area contributed by atoms with Crippen molar-refractivity contribution in [2.24, 2.45) is 11.8 Å². The van der Waals surface area contributed by atoms with Gasteiger partial charge in [-0.2, -0.15) is 0 Å². The molecule has 0 bridgehead atoms. The number of rotatable bonds is 5. The molecule has 1 aromatic rings. The summed E-state index contributed by atoms with van der Waals surface area (Å²) in [6.45, 7) is 2.08. The molecular weight excluding hydrogens is 188 g/mol. The van der Waals surface area contributed by atoms with Gasteiger partial charge in [-0.15, -0.1) is 0 Å². The molecule has 1 heterocycles. The number of hydrogen-bond donors (Lipinski definition) is 2. The monoisotopic (exact) mass is 206 g/mol. The number of nitrogens with one attached hydrogen (secondary N) is 1. The molecular formula is C11H18N4. The maximum Gasteiger partial charge on any atom is 0.140 e. The van der Waals surface area contributed by atoms with Crippen LogP contribution in [-0.2, 0) is 6.54 Å². The van der Waals surface area contributed by atoms with Gasteiger partial charge in [0.25, 0.3) is 0 Å². The smallest absolute Gasteiger partial charge is 0.140 e. The van der Waals surface area contributed by atoms with E-state index in [1.807, 2.05) is 18.2 Å². The van der Waals surface area contributed by atoms with Crippen molar-refractivity contribution in [3.8, 4) is 0 Å². The summed E-state index contributed by atoms with van der Waals surface area (Å²) >= 11 is 0. The molecule has 1 fully saturated rings. The lowest BCUT2D eigenvalue weighted by atomic mass is 10.3. The van der Waals surface area contributed by atoms with Crippen LogP contribution in [0.15, 0.2) is 18.2 Å². The van der Waals surface area contributed by atoms with E-state index in [0.29, 0.717) is 0 Å². The van der Waals surface area contributed by atoms with E-state index >= 15 is 0 Å². The molecule has 0 saturated heterocycles. The number of nitrogen functional groups attached to an aromatic ring is 1. The third kappa shape index (κ3) is 3.18. The summed E-state index contributed by atoms with van der Waals surface area (Å²) in [4.78, 5) is 6.70. The van der Waals surface area contributed by atoms with Crippen LogP contribution in [-0.4, -0.2) is 23.5 Å². The number of pyridine rings is 1. The van der Waals surface area contributed by atoms with Gasteiger partial charge in [0.05, 0.1) is 5.69 Å². The zero-order valence-electron chi connectivity index (χ0n) is 9.11. The molecule has 3 N–H and O–H groups in total. The van der Waals surface area contributed by atoms with Crippen molar-refractivity contribution >= 4 is 5.82 Å². The van der Waals surface area contributed by atoms with E-state index in [0.717, 1.165) is 24.0 Å². The molecule has 1 aliphatic rings. The van der Waals surface area contributed by atoms with Crippen molar-refractivity contribution in [2.75, 3.05) is 19.0 Å². The van der Waals surface area contributed by atoms with Gasteiger partial charge < -0.3 is 10.3 Å². The summed E-state index contributed by atoms with van der Waals surface area (Å²) in [6.07, 6.45) is 2.78. The van der Waals surface area contributed by atoms with Crippen molar-refractivity contribution < 1.29 is 0 Å². The van der Waals surface area contributed by atoms with Crippen LogP contribution >= 0.6 is 0 Å². The van der Waals surface area contributed by atoms with Gasteiger partial charge in [0.15, 0.2) is 0 Å².